The topological polar surface area (TPSA) is 35.2 Å². The minimum Gasteiger partial charge on any atom is -0.378 e. The van der Waals surface area contributed by atoms with E-state index in [0.717, 1.165) is 30.9 Å². The molecule has 16 heavy (non-hydrogen) atoms. The smallest absolute Gasteiger partial charge is 0.0616 e. The lowest BCUT2D eigenvalue weighted by atomic mass is 9.70. The van der Waals surface area contributed by atoms with Gasteiger partial charge in [-0.1, -0.05) is 6.42 Å². The van der Waals surface area contributed by atoms with Crippen LogP contribution in [0.5, 0.6) is 0 Å². The zero-order valence-corrected chi connectivity index (χ0v) is 10.5. The van der Waals surface area contributed by atoms with Gasteiger partial charge in [-0.3, -0.25) is 0 Å². The van der Waals surface area contributed by atoms with Crippen LogP contribution in [0.2, 0.25) is 0 Å². The fourth-order valence-corrected chi connectivity index (χ4v) is 4.59. The van der Waals surface area contributed by atoms with E-state index in [2.05, 4.69) is 6.92 Å². The molecule has 2 saturated carbocycles. The summed E-state index contributed by atoms with van der Waals surface area (Å²) in [4.78, 5) is 0. The normalized spacial score (nSPS) is 51.4. The third-order valence-electron chi connectivity index (χ3n) is 5.79. The minimum absolute atomic E-state index is 0.315. The summed E-state index contributed by atoms with van der Waals surface area (Å²) in [5, 5.41) is 0. The summed E-state index contributed by atoms with van der Waals surface area (Å²) in [6.07, 6.45) is 8.91. The van der Waals surface area contributed by atoms with Gasteiger partial charge in [-0.25, -0.2) is 0 Å². The molecule has 5 unspecified atom stereocenters. The quantitative estimate of drug-likeness (QED) is 0.798. The van der Waals surface area contributed by atoms with E-state index in [1.165, 1.54) is 38.5 Å². The molecule has 2 nitrogen and oxygen atoms in total. The summed E-state index contributed by atoms with van der Waals surface area (Å²) >= 11 is 0. The summed E-state index contributed by atoms with van der Waals surface area (Å²) in [6.45, 7) is 3.98. The van der Waals surface area contributed by atoms with Gasteiger partial charge in [0, 0.05) is 18.6 Å². The molecule has 0 aromatic carbocycles. The van der Waals surface area contributed by atoms with Crippen molar-refractivity contribution >= 4 is 0 Å². The van der Waals surface area contributed by atoms with Crippen molar-refractivity contribution in [2.24, 2.45) is 28.9 Å². The highest BCUT2D eigenvalue weighted by Gasteiger charge is 2.47. The van der Waals surface area contributed by atoms with Crippen molar-refractivity contribution < 1.29 is 4.74 Å². The predicted octanol–water partition coefficient (Wildman–Crippen LogP) is 2.57. The van der Waals surface area contributed by atoms with Crippen molar-refractivity contribution in [2.45, 2.75) is 51.6 Å². The molecule has 2 aliphatic carbocycles. The molecule has 3 aliphatic rings. The highest BCUT2D eigenvalue weighted by atomic mass is 16.5. The fourth-order valence-electron chi connectivity index (χ4n) is 4.59. The lowest BCUT2D eigenvalue weighted by molar-refractivity contribution is 0.0477. The lowest BCUT2D eigenvalue weighted by Gasteiger charge is -2.36. The Kier molecular flexibility index (Phi) is 2.75. The molecule has 0 aromatic heterocycles. The van der Waals surface area contributed by atoms with Crippen LogP contribution >= 0.6 is 0 Å². The van der Waals surface area contributed by atoms with Gasteiger partial charge in [0.1, 0.15) is 0 Å². The minimum atomic E-state index is 0.315. The Balaban J connectivity index is 1.68. The number of nitrogens with two attached hydrogens (primary N) is 1. The average molecular weight is 223 g/mol. The van der Waals surface area contributed by atoms with E-state index >= 15 is 0 Å². The van der Waals surface area contributed by atoms with Crippen LogP contribution in [-0.2, 0) is 4.74 Å². The van der Waals surface area contributed by atoms with E-state index in [0.29, 0.717) is 11.5 Å². The second-order valence-corrected chi connectivity index (χ2v) is 6.47. The van der Waals surface area contributed by atoms with Crippen LogP contribution in [0, 0.1) is 23.2 Å². The van der Waals surface area contributed by atoms with E-state index in [4.69, 9.17) is 10.5 Å². The standard InChI is InChI=1S/C14H25NO/c1-10-14(9-15,4-5-16-10)8-13-7-11-2-3-12(13)6-11/h10-13H,2-9,15H2,1H3. The largest absolute Gasteiger partial charge is 0.378 e. The lowest BCUT2D eigenvalue weighted by Crippen LogP contribution is -2.39. The second kappa shape index (κ2) is 3.99. The molecule has 0 radical (unpaired) electrons. The maximum absolute atomic E-state index is 6.06. The zero-order valence-electron chi connectivity index (χ0n) is 10.5. The number of rotatable bonds is 3. The molecule has 0 amide bonds. The maximum atomic E-state index is 6.06. The van der Waals surface area contributed by atoms with Crippen LogP contribution in [0.3, 0.4) is 0 Å². The van der Waals surface area contributed by atoms with Crippen molar-refractivity contribution in [1.29, 1.82) is 0 Å². The van der Waals surface area contributed by atoms with Gasteiger partial charge in [0.05, 0.1) is 6.10 Å². The Bertz CT molecular complexity index is 267. The fraction of sp³-hybridized carbons (Fsp3) is 1.00. The zero-order chi connectivity index (χ0) is 11.2. The Morgan fingerprint density at radius 3 is 2.69 bits per heavy atom. The summed E-state index contributed by atoms with van der Waals surface area (Å²) in [5.74, 6) is 3.05. The highest BCUT2D eigenvalue weighted by Crippen LogP contribution is 2.53. The van der Waals surface area contributed by atoms with Crippen molar-refractivity contribution in [2.75, 3.05) is 13.2 Å². The molecule has 5 atom stereocenters. The van der Waals surface area contributed by atoms with Crippen molar-refractivity contribution in [3.05, 3.63) is 0 Å². The highest BCUT2D eigenvalue weighted by molar-refractivity contribution is 4.97. The van der Waals surface area contributed by atoms with E-state index in [1.54, 1.807) is 0 Å². The molecule has 1 heterocycles. The second-order valence-electron chi connectivity index (χ2n) is 6.47. The van der Waals surface area contributed by atoms with Crippen molar-refractivity contribution in [3.63, 3.8) is 0 Å². The Morgan fingerprint density at radius 2 is 2.19 bits per heavy atom. The first-order valence-electron chi connectivity index (χ1n) is 7.05. The number of ether oxygens (including phenoxy) is 1. The van der Waals surface area contributed by atoms with E-state index in [-0.39, 0.29) is 0 Å². The first-order chi connectivity index (χ1) is 7.73. The molecule has 1 saturated heterocycles. The molecule has 0 aromatic rings. The first kappa shape index (κ1) is 11.0. The Morgan fingerprint density at radius 1 is 1.31 bits per heavy atom. The van der Waals surface area contributed by atoms with Crippen LogP contribution in [0.4, 0.5) is 0 Å². The Labute approximate surface area is 98.9 Å². The summed E-state index contributed by atoms with van der Waals surface area (Å²) in [7, 11) is 0. The predicted molar refractivity (Wildman–Crippen MR) is 65.1 cm³/mol. The summed E-state index contributed by atoms with van der Waals surface area (Å²) in [5.41, 5.74) is 6.37. The molecular formula is C14H25NO. The van der Waals surface area contributed by atoms with Crippen LogP contribution in [0.1, 0.15) is 45.4 Å². The summed E-state index contributed by atoms with van der Waals surface area (Å²) in [6, 6.07) is 0. The van der Waals surface area contributed by atoms with E-state index < -0.39 is 0 Å². The van der Waals surface area contributed by atoms with Crippen LogP contribution < -0.4 is 5.73 Å². The molecule has 0 spiro atoms. The Hall–Kier alpha value is -0.0800. The molecule has 92 valence electrons. The van der Waals surface area contributed by atoms with Gasteiger partial charge in [-0.15, -0.1) is 0 Å². The van der Waals surface area contributed by atoms with Gasteiger partial charge in [-0.05, 0) is 56.8 Å². The van der Waals surface area contributed by atoms with Gasteiger partial charge in [-0.2, -0.15) is 0 Å². The van der Waals surface area contributed by atoms with Crippen LogP contribution in [-0.4, -0.2) is 19.3 Å². The van der Waals surface area contributed by atoms with Gasteiger partial charge in [0.25, 0.3) is 0 Å². The third kappa shape index (κ3) is 1.62. The van der Waals surface area contributed by atoms with Crippen LogP contribution in [0.15, 0.2) is 0 Å². The van der Waals surface area contributed by atoms with Crippen molar-refractivity contribution in [3.8, 4) is 0 Å². The third-order valence-corrected chi connectivity index (χ3v) is 5.79. The molecule has 3 fully saturated rings. The number of hydrogen-bond acceptors (Lipinski definition) is 2. The van der Waals surface area contributed by atoms with E-state index in [9.17, 15) is 0 Å². The summed E-state index contributed by atoms with van der Waals surface area (Å²) < 4.78 is 5.77. The van der Waals surface area contributed by atoms with Gasteiger partial charge < -0.3 is 10.5 Å². The maximum Gasteiger partial charge on any atom is 0.0616 e. The van der Waals surface area contributed by atoms with Crippen LogP contribution in [0.25, 0.3) is 0 Å². The SMILES string of the molecule is CC1OCCC1(CN)CC1CC2CCC1C2. The van der Waals surface area contributed by atoms with Crippen molar-refractivity contribution in [1.82, 2.24) is 0 Å². The van der Waals surface area contributed by atoms with E-state index in [1.807, 2.05) is 0 Å². The van der Waals surface area contributed by atoms with Gasteiger partial charge in [0.15, 0.2) is 0 Å². The molecule has 3 rings (SSSR count). The molecule has 1 aliphatic heterocycles. The number of hydrogen-bond donors (Lipinski definition) is 1. The van der Waals surface area contributed by atoms with Gasteiger partial charge >= 0.3 is 0 Å². The first-order valence-corrected chi connectivity index (χ1v) is 7.05. The number of fused-ring (bicyclic) bond motifs is 2. The molecule has 2 heteroatoms. The average Bonchev–Trinajstić information content (AvgIpc) is 2.96. The monoisotopic (exact) mass is 223 g/mol. The molecular weight excluding hydrogens is 198 g/mol. The molecule has 2 bridgehead atoms. The van der Waals surface area contributed by atoms with Gasteiger partial charge in [0.2, 0.25) is 0 Å². The molecule has 2 N–H and O–H groups in total.